The van der Waals surface area contributed by atoms with Gasteiger partial charge in [0.2, 0.25) is 9.84 Å². The van der Waals surface area contributed by atoms with E-state index in [1.54, 1.807) is 12.4 Å². The summed E-state index contributed by atoms with van der Waals surface area (Å²) in [6.07, 6.45) is -1.16. The van der Waals surface area contributed by atoms with Gasteiger partial charge in [0, 0.05) is 25.7 Å². The monoisotopic (exact) mass is 475 g/mol. The highest BCUT2D eigenvalue weighted by Crippen LogP contribution is 2.33. The number of anilines is 1. The molecule has 0 amide bonds. The largest absolute Gasteiger partial charge is 0.416 e. The summed E-state index contributed by atoms with van der Waals surface area (Å²) in [5.74, 6) is -1.54. The fourth-order valence-electron chi connectivity index (χ4n) is 2.67. The second-order valence-corrected chi connectivity index (χ2v) is 8.41. The zero-order valence-corrected chi connectivity index (χ0v) is 17.6. The van der Waals surface area contributed by atoms with Crippen molar-refractivity contribution >= 4 is 15.5 Å². The summed E-state index contributed by atoms with van der Waals surface area (Å²) in [6, 6.07) is 7.89. The van der Waals surface area contributed by atoms with Gasteiger partial charge >= 0.3 is 6.18 Å². The molecular weight excluding hydrogens is 454 g/mol. The fraction of sp³-hybridized carbons (Fsp3) is 0.250. The van der Waals surface area contributed by atoms with Gasteiger partial charge in [-0.25, -0.2) is 12.8 Å². The summed E-state index contributed by atoms with van der Waals surface area (Å²) in [5, 5.41) is 9.32. The molecule has 0 bridgehead atoms. The lowest BCUT2D eigenvalue weighted by Gasteiger charge is -2.15. The van der Waals surface area contributed by atoms with E-state index in [0.29, 0.717) is 12.1 Å². The third kappa shape index (κ3) is 6.52. The first-order chi connectivity index (χ1) is 15.0. The molecule has 174 valence electrons. The Hall–Kier alpha value is -2.96. The molecule has 3 rings (SSSR count). The minimum Gasteiger partial charge on any atom is -0.397 e. The second kappa shape index (κ2) is 10.6. The van der Waals surface area contributed by atoms with Crippen molar-refractivity contribution in [3.63, 3.8) is 0 Å². The molecule has 0 aliphatic rings. The molecule has 1 aromatic carbocycles. The number of nitrogen functional groups attached to an aromatic ring is 1. The molecule has 1 unspecified atom stereocenters. The number of ether oxygens (including phenoxy) is 1. The van der Waals surface area contributed by atoms with Crippen molar-refractivity contribution in [2.75, 3.05) is 19.5 Å². The number of rotatable bonds is 6. The van der Waals surface area contributed by atoms with Gasteiger partial charge in [-0.05, 0) is 36.4 Å². The van der Waals surface area contributed by atoms with E-state index in [2.05, 4.69) is 4.98 Å². The average Bonchev–Trinajstić information content (AvgIpc) is 3.10. The minimum atomic E-state index is -4.81. The molecule has 0 radical (unpaired) electrons. The number of aliphatic hydroxyl groups is 1. The van der Waals surface area contributed by atoms with Crippen LogP contribution in [0.2, 0.25) is 0 Å². The molecule has 0 aliphatic carbocycles. The van der Waals surface area contributed by atoms with Crippen LogP contribution in [0.5, 0.6) is 0 Å². The van der Waals surface area contributed by atoms with Gasteiger partial charge in [0.15, 0.2) is 0 Å². The van der Waals surface area contributed by atoms with Crippen LogP contribution in [0.25, 0.3) is 0 Å². The van der Waals surface area contributed by atoms with Crippen molar-refractivity contribution in [1.82, 2.24) is 9.55 Å². The number of alkyl halides is 3. The summed E-state index contributed by atoms with van der Waals surface area (Å²) in [7, 11) is -3.18. The van der Waals surface area contributed by atoms with Crippen molar-refractivity contribution < 1.29 is 35.8 Å². The standard InChI is InChI=1S/C15H16F4N2O4S.C5H5N/c1-25-8-11(22)7-21-6-10(20)5-14(21)26(23,24)13-3-2-9(4-12(13)16)15(17,18)19;1-2-4-6-5-3-1/h2-6,11,22H,7-8,20H2,1H3;1-5H. The molecule has 32 heavy (non-hydrogen) atoms. The summed E-state index contributed by atoms with van der Waals surface area (Å²) >= 11 is 0. The van der Waals surface area contributed by atoms with Crippen molar-refractivity contribution in [2.24, 2.45) is 0 Å². The van der Waals surface area contributed by atoms with E-state index in [-0.39, 0.29) is 24.9 Å². The Labute approximate surface area is 182 Å². The van der Waals surface area contributed by atoms with Crippen LogP contribution in [-0.4, -0.2) is 42.9 Å². The van der Waals surface area contributed by atoms with Crippen LogP contribution in [0, 0.1) is 5.82 Å². The predicted molar refractivity (Wildman–Crippen MR) is 108 cm³/mol. The molecule has 3 N–H and O–H groups in total. The average molecular weight is 475 g/mol. The molecule has 1 atom stereocenters. The number of sulfone groups is 1. The lowest BCUT2D eigenvalue weighted by atomic mass is 10.2. The van der Waals surface area contributed by atoms with Crippen LogP contribution in [-0.2, 0) is 27.3 Å². The number of nitrogens with zero attached hydrogens (tertiary/aromatic N) is 2. The Bertz CT molecular complexity index is 1090. The summed E-state index contributed by atoms with van der Waals surface area (Å²) in [4.78, 5) is 2.86. The molecule has 7 nitrogen and oxygen atoms in total. The van der Waals surface area contributed by atoms with Crippen LogP contribution in [0.1, 0.15) is 5.56 Å². The molecule has 0 spiro atoms. The number of methoxy groups -OCH3 is 1. The van der Waals surface area contributed by atoms with Gasteiger partial charge < -0.3 is 20.1 Å². The molecule has 2 heterocycles. The minimum absolute atomic E-state index is 0.0283. The number of halogens is 4. The number of aliphatic hydroxyl groups excluding tert-OH is 1. The Morgan fingerprint density at radius 3 is 2.31 bits per heavy atom. The van der Waals surface area contributed by atoms with Crippen LogP contribution >= 0.6 is 0 Å². The number of hydrogen-bond donors (Lipinski definition) is 2. The Balaban J connectivity index is 0.000000520. The van der Waals surface area contributed by atoms with Gasteiger partial charge in [-0.3, -0.25) is 4.98 Å². The van der Waals surface area contributed by atoms with Gasteiger partial charge in [0.25, 0.3) is 0 Å². The predicted octanol–water partition coefficient (Wildman–Crippen LogP) is 3.15. The van der Waals surface area contributed by atoms with E-state index in [9.17, 15) is 31.1 Å². The number of pyridine rings is 1. The zero-order valence-electron chi connectivity index (χ0n) is 16.8. The lowest BCUT2D eigenvalue weighted by Crippen LogP contribution is -2.23. The molecular formula is C20H21F4N3O4S. The summed E-state index contributed by atoms with van der Waals surface area (Å²) < 4.78 is 83.2. The van der Waals surface area contributed by atoms with Gasteiger partial charge in [0.05, 0.1) is 30.5 Å². The summed E-state index contributed by atoms with van der Waals surface area (Å²) in [5.41, 5.74) is 4.30. The van der Waals surface area contributed by atoms with E-state index in [0.717, 1.165) is 10.6 Å². The Morgan fingerprint density at radius 1 is 1.19 bits per heavy atom. The van der Waals surface area contributed by atoms with E-state index in [1.165, 1.54) is 13.3 Å². The lowest BCUT2D eigenvalue weighted by molar-refractivity contribution is -0.137. The Kier molecular flexibility index (Phi) is 8.36. The number of aromatic nitrogens is 2. The van der Waals surface area contributed by atoms with E-state index in [1.807, 2.05) is 18.2 Å². The quantitative estimate of drug-likeness (QED) is 0.531. The summed E-state index contributed by atoms with van der Waals surface area (Å²) in [6.45, 7) is -0.311. The van der Waals surface area contributed by atoms with Crippen LogP contribution in [0.4, 0.5) is 23.2 Å². The van der Waals surface area contributed by atoms with Crippen molar-refractivity contribution in [3.8, 4) is 0 Å². The first kappa shape index (κ1) is 25.3. The molecule has 12 heteroatoms. The molecule has 0 aliphatic heterocycles. The topological polar surface area (TPSA) is 107 Å². The molecule has 0 saturated carbocycles. The highest BCUT2D eigenvalue weighted by atomic mass is 32.2. The number of benzene rings is 1. The first-order valence-electron chi connectivity index (χ1n) is 9.06. The van der Waals surface area contributed by atoms with E-state index >= 15 is 0 Å². The van der Waals surface area contributed by atoms with Crippen LogP contribution < -0.4 is 5.73 Å². The third-order valence-corrected chi connectivity index (χ3v) is 5.85. The normalized spacial score (nSPS) is 12.7. The number of nitrogens with two attached hydrogens (primary N) is 1. The van der Waals surface area contributed by atoms with Crippen molar-refractivity contribution in [2.45, 2.75) is 28.7 Å². The van der Waals surface area contributed by atoms with Gasteiger partial charge in [-0.15, -0.1) is 0 Å². The molecule has 0 fully saturated rings. The highest BCUT2D eigenvalue weighted by Gasteiger charge is 2.33. The van der Waals surface area contributed by atoms with Gasteiger partial charge in [0.1, 0.15) is 15.7 Å². The van der Waals surface area contributed by atoms with Crippen LogP contribution in [0.15, 0.2) is 71.0 Å². The zero-order chi connectivity index (χ0) is 23.9. The van der Waals surface area contributed by atoms with Crippen molar-refractivity contribution in [1.29, 1.82) is 0 Å². The SMILES string of the molecule is COCC(O)Cn1cc(N)cc1S(=O)(=O)c1ccc(C(F)(F)F)cc1F.c1ccncc1. The molecule has 0 saturated heterocycles. The van der Waals surface area contributed by atoms with Gasteiger partial charge in [-0.1, -0.05) is 6.07 Å². The van der Waals surface area contributed by atoms with Gasteiger partial charge in [-0.2, -0.15) is 13.2 Å². The number of hydrogen-bond acceptors (Lipinski definition) is 6. The smallest absolute Gasteiger partial charge is 0.397 e. The van der Waals surface area contributed by atoms with Crippen molar-refractivity contribution in [3.05, 3.63) is 72.4 Å². The first-order valence-corrected chi connectivity index (χ1v) is 10.5. The molecule has 2 aromatic heterocycles. The van der Waals surface area contributed by atoms with E-state index < -0.39 is 43.4 Å². The second-order valence-electron chi connectivity index (χ2n) is 6.54. The Morgan fingerprint density at radius 2 is 1.84 bits per heavy atom. The van der Waals surface area contributed by atoms with Crippen LogP contribution in [0.3, 0.4) is 0 Å². The highest BCUT2D eigenvalue weighted by molar-refractivity contribution is 7.91. The maximum absolute atomic E-state index is 14.1. The maximum Gasteiger partial charge on any atom is 0.416 e. The molecule has 3 aromatic rings. The maximum atomic E-state index is 14.1. The third-order valence-electron chi connectivity index (χ3n) is 4.04. The fourth-order valence-corrected chi connectivity index (χ4v) is 4.19. The van der Waals surface area contributed by atoms with E-state index in [4.69, 9.17) is 10.5 Å².